The zero-order valence-electron chi connectivity index (χ0n) is 18.0. The molecule has 1 amide bonds. The molecule has 0 aliphatic carbocycles. The third-order valence-corrected chi connectivity index (χ3v) is 6.41. The molecule has 3 aromatic rings. The van der Waals surface area contributed by atoms with E-state index in [-0.39, 0.29) is 27.6 Å². The Bertz CT molecular complexity index is 1290. The van der Waals surface area contributed by atoms with Crippen molar-refractivity contribution >= 4 is 44.0 Å². The summed E-state index contributed by atoms with van der Waals surface area (Å²) in [5.74, 6) is -0.968. The van der Waals surface area contributed by atoms with Gasteiger partial charge in [0.05, 0.1) is 17.1 Å². The van der Waals surface area contributed by atoms with Gasteiger partial charge in [0.25, 0.3) is 5.91 Å². The van der Waals surface area contributed by atoms with Crippen molar-refractivity contribution in [1.29, 1.82) is 0 Å². The number of hydrogen-bond donors (Lipinski definition) is 1. The highest BCUT2D eigenvalue weighted by molar-refractivity contribution is 7.90. The summed E-state index contributed by atoms with van der Waals surface area (Å²) in [5.41, 5.74) is 0.714. The predicted octanol–water partition coefficient (Wildman–Crippen LogP) is 3.69. The van der Waals surface area contributed by atoms with Crippen LogP contribution in [0.3, 0.4) is 0 Å². The lowest BCUT2D eigenvalue weighted by Gasteiger charge is -2.09. The molecule has 11 heteroatoms. The molecule has 0 aliphatic rings. The van der Waals surface area contributed by atoms with Gasteiger partial charge in [0.15, 0.2) is 16.4 Å². The molecule has 0 saturated heterocycles. The molecule has 0 saturated carbocycles. The molecule has 33 heavy (non-hydrogen) atoms. The van der Waals surface area contributed by atoms with Crippen LogP contribution in [-0.2, 0) is 24.1 Å². The number of thiophene rings is 1. The highest BCUT2D eigenvalue weighted by Crippen LogP contribution is 2.37. The van der Waals surface area contributed by atoms with E-state index in [2.05, 4.69) is 5.32 Å². The summed E-state index contributed by atoms with van der Waals surface area (Å²) < 4.78 is 38.7. The number of anilines is 1. The van der Waals surface area contributed by atoms with E-state index in [0.29, 0.717) is 17.1 Å². The Morgan fingerprint density at radius 2 is 1.73 bits per heavy atom. The normalized spacial score (nSPS) is 11.1. The van der Waals surface area contributed by atoms with Crippen LogP contribution in [0.4, 0.5) is 5.00 Å². The molecule has 0 aliphatic heterocycles. The third kappa shape index (κ3) is 5.88. The lowest BCUT2D eigenvalue weighted by molar-refractivity contribution is -0.119. The number of aryl methyl sites for hydroxylation is 1. The SMILES string of the molecule is CCOC(=O)c1c(-c2ccc(C)o2)csc1NC(=O)COC(=O)c1ccc(S(C)(=O)=O)cc1. The van der Waals surface area contributed by atoms with Gasteiger partial charge < -0.3 is 19.2 Å². The summed E-state index contributed by atoms with van der Waals surface area (Å²) in [4.78, 5) is 37.1. The summed E-state index contributed by atoms with van der Waals surface area (Å²) in [6.07, 6.45) is 1.05. The number of benzene rings is 1. The molecule has 0 unspecified atom stereocenters. The maximum absolute atomic E-state index is 12.5. The number of rotatable bonds is 8. The van der Waals surface area contributed by atoms with E-state index in [1.165, 1.54) is 24.3 Å². The number of hydrogen-bond acceptors (Lipinski definition) is 9. The Balaban J connectivity index is 1.70. The average Bonchev–Trinajstić information content (AvgIpc) is 3.37. The number of esters is 2. The standard InChI is InChI=1S/C22H21NO8S2/c1-4-29-22(26)19-16(17-10-5-13(2)31-17)12-32-20(19)23-18(24)11-30-21(25)14-6-8-15(9-7-14)33(3,27)28/h5-10,12H,4,11H2,1-3H3,(H,23,24). The van der Waals surface area contributed by atoms with Crippen molar-refractivity contribution in [3.8, 4) is 11.3 Å². The molecule has 0 spiro atoms. The monoisotopic (exact) mass is 491 g/mol. The maximum Gasteiger partial charge on any atom is 0.341 e. The van der Waals surface area contributed by atoms with Gasteiger partial charge in [-0.2, -0.15) is 0 Å². The maximum atomic E-state index is 12.5. The molecule has 0 atom stereocenters. The van der Waals surface area contributed by atoms with Gasteiger partial charge in [-0.25, -0.2) is 18.0 Å². The fraction of sp³-hybridized carbons (Fsp3) is 0.227. The zero-order chi connectivity index (χ0) is 24.2. The molecule has 2 heterocycles. The van der Waals surface area contributed by atoms with E-state index in [0.717, 1.165) is 17.6 Å². The van der Waals surface area contributed by atoms with Crippen LogP contribution in [0.15, 0.2) is 51.1 Å². The first kappa shape index (κ1) is 24.2. The predicted molar refractivity (Wildman–Crippen MR) is 121 cm³/mol. The number of ether oxygens (including phenoxy) is 2. The molecule has 9 nitrogen and oxygen atoms in total. The Morgan fingerprint density at radius 1 is 1.03 bits per heavy atom. The Morgan fingerprint density at radius 3 is 2.30 bits per heavy atom. The first-order chi connectivity index (χ1) is 15.6. The summed E-state index contributed by atoms with van der Waals surface area (Å²) in [5, 5.41) is 4.46. The average molecular weight is 492 g/mol. The summed E-state index contributed by atoms with van der Waals surface area (Å²) >= 11 is 1.11. The van der Waals surface area contributed by atoms with Crippen molar-refractivity contribution in [1.82, 2.24) is 0 Å². The molecule has 3 rings (SSSR count). The number of carbonyl (C=O) groups is 3. The third-order valence-electron chi connectivity index (χ3n) is 4.38. The molecule has 1 N–H and O–H groups in total. The second kappa shape index (κ2) is 10.0. The minimum Gasteiger partial charge on any atom is -0.462 e. The van der Waals surface area contributed by atoms with Crippen LogP contribution in [0.25, 0.3) is 11.3 Å². The fourth-order valence-electron chi connectivity index (χ4n) is 2.83. The zero-order valence-corrected chi connectivity index (χ0v) is 19.7. The van der Waals surface area contributed by atoms with E-state index < -0.39 is 34.3 Å². The fourth-order valence-corrected chi connectivity index (χ4v) is 4.42. The van der Waals surface area contributed by atoms with Gasteiger partial charge in [0.1, 0.15) is 22.1 Å². The highest BCUT2D eigenvalue weighted by Gasteiger charge is 2.24. The van der Waals surface area contributed by atoms with Crippen molar-refractivity contribution in [2.45, 2.75) is 18.7 Å². The summed E-state index contributed by atoms with van der Waals surface area (Å²) in [6, 6.07) is 8.62. The number of sulfone groups is 1. The lowest BCUT2D eigenvalue weighted by Crippen LogP contribution is -2.21. The second-order valence-corrected chi connectivity index (χ2v) is 9.80. The molecule has 0 fully saturated rings. The first-order valence-corrected chi connectivity index (χ1v) is 12.5. The molecule has 0 radical (unpaired) electrons. The van der Waals surface area contributed by atoms with Crippen LogP contribution in [-0.4, -0.2) is 45.7 Å². The smallest absolute Gasteiger partial charge is 0.341 e. The molecular formula is C22H21NO8S2. The molecule has 174 valence electrons. The van der Waals surface area contributed by atoms with E-state index in [1.54, 1.807) is 31.4 Å². The Kier molecular flexibility index (Phi) is 7.34. The van der Waals surface area contributed by atoms with E-state index in [9.17, 15) is 22.8 Å². The Hall–Kier alpha value is -3.44. The van der Waals surface area contributed by atoms with Crippen molar-refractivity contribution < 1.29 is 36.7 Å². The van der Waals surface area contributed by atoms with Gasteiger partial charge in [-0.1, -0.05) is 0 Å². The van der Waals surface area contributed by atoms with Gasteiger partial charge >= 0.3 is 11.9 Å². The second-order valence-electron chi connectivity index (χ2n) is 6.91. The van der Waals surface area contributed by atoms with Crippen molar-refractivity contribution in [3.63, 3.8) is 0 Å². The molecule has 2 aromatic heterocycles. The first-order valence-electron chi connectivity index (χ1n) is 9.72. The topological polar surface area (TPSA) is 129 Å². The van der Waals surface area contributed by atoms with Crippen molar-refractivity contribution in [2.75, 3.05) is 24.8 Å². The molecule has 1 aromatic carbocycles. The minimum atomic E-state index is -3.40. The van der Waals surface area contributed by atoms with Gasteiger partial charge in [0.2, 0.25) is 0 Å². The summed E-state index contributed by atoms with van der Waals surface area (Å²) in [6.45, 7) is 2.98. The largest absolute Gasteiger partial charge is 0.462 e. The van der Waals surface area contributed by atoms with Crippen LogP contribution >= 0.6 is 11.3 Å². The van der Waals surface area contributed by atoms with E-state index in [1.807, 2.05) is 0 Å². The Labute approximate surface area is 194 Å². The molecule has 0 bridgehead atoms. The van der Waals surface area contributed by atoms with Crippen molar-refractivity contribution in [2.24, 2.45) is 0 Å². The lowest BCUT2D eigenvalue weighted by atomic mass is 10.1. The highest BCUT2D eigenvalue weighted by atomic mass is 32.2. The number of carbonyl (C=O) groups excluding carboxylic acids is 3. The van der Waals surface area contributed by atoms with E-state index in [4.69, 9.17) is 13.9 Å². The minimum absolute atomic E-state index is 0.0588. The van der Waals surface area contributed by atoms with Crippen molar-refractivity contribution in [3.05, 3.63) is 58.7 Å². The van der Waals surface area contributed by atoms with Gasteiger partial charge in [-0.3, -0.25) is 4.79 Å². The molecular weight excluding hydrogens is 470 g/mol. The van der Waals surface area contributed by atoms with Crippen LogP contribution < -0.4 is 5.32 Å². The number of furan rings is 1. The van der Waals surface area contributed by atoms with Crippen LogP contribution in [0.5, 0.6) is 0 Å². The van der Waals surface area contributed by atoms with Gasteiger partial charge in [-0.05, 0) is 50.2 Å². The summed E-state index contributed by atoms with van der Waals surface area (Å²) in [7, 11) is -3.40. The van der Waals surface area contributed by atoms with Crippen LogP contribution in [0.2, 0.25) is 0 Å². The van der Waals surface area contributed by atoms with E-state index >= 15 is 0 Å². The van der Waals surface area contributed by atoms with Gasteiger partial charge in [-0.15, -0.1) is 11.3 Å². The van der Waals surface area contributed by atoms with Gasteiger partial charge in [0, 0.05) is 17.2 Å². The van der Waals surface area contributed by atoms with Crippen LogP contribution in [0.1, 0.15) is 33.4 Å². The number of nitrogens with one attached hydrogen (secondary N) is 1. The number of amides is 1. The van der Waals surface area contributed by atoms with Crippen LogP contribution in [0, 0.1) is 6.92 Å². The quantitative estimate of drug-likeness (QED) is 0.472.